The molecule has 0 heterocycles. The Labute approximate surface area is 113 Å². The maximum absolute atomic E-state index is 12.0. The lowest BCUT2D eigenvalue weighted by molar-refractivity contribution is 0.0921. The summed E-state index contributed by atoms with van der Waals surface area (Å²) in [6.07, 6.45) is 5.60. The van der Waals surface area contributed by atoms with Crippen LogP contribution >= 0.6 is 0 Å². The number of aromatic hydroxyl groups is 2. The quantitative estimate of drug-likeness (QED) is 0.734. The van der Waals surface area contributed by atoms with Crippen molar-refractivity contribution < 1.29 is 15.0 Å². The smallest absolute Gasteiger partial charge is 0.251 e. The summed E-state index contributed by atoms with van der Waals surface area (Å²) in [4.78, 5) is 12.0. The minimum atomic E-state index is -0.262. The van der Waals surface area contributed by atoms with Gasteiger partial charge in [0.1, 0.15) is 0 Å². The van der Waals surface area contributed by atoms with Crippen molar-refractivity contribution in [1.29, 1.82) is 0 Å². The molecule has 1 aliphatic carbocycles. The van der Waals surface area contributed by atoms with Crippen LogP contribution in [0, 0.1) is 5.92 Å². The summed E-state index contributed by atoms with van der Waals surface area (Å²) in [6.45, 7) is 2.21. The Hall–Kier alpha value is -1.71. The molecule has 0 aromatic heterocycles. The molecule has 1 amide bonds. The number of phenols is 2. The van der Waals surface area contributed by atoms with Gasteiger partial charge in [-0.2, -0.15) is 0 Å². The molecule has 104 valence electrons. The van der Waals surface area contributed by atoms with Crippen molar-refractivity contribution in [3.8, 4) is 11.5 Å². The van der Waals surface area contributed by atoms with E-state index in [0.29, 0.717) is 5.56 Å². The van der Waals surface area contributed by atoms with Crippen molar-refractivity contribution in [3.05, 3.63) is 23.8 Å². The van der Waals surface area contributed by atoms with Crippen LogP contribution in [-0.2, 0) is 0 Å². The number of nitrogens with one attached hydrogen (secondary N) is 1. The molecule has 0 spiro atoms. The molecule has 1 saturated carbocycles. The molecule has 4 heteroatoms. The average Bonchev–Trinajstić information content (AvgIpc) is 2.42. The summed E-state index contributed by atoms with van der Waals surface area (Å²) in [5.74, 6) is 0.142. The molecule has 4 nitrogen and oxygen atoms in total. The Bertz CT molecular complexity index is 451. The van der Waals surface area contributed by atoms with Gasteiger partial charge in [-0.1, -0.05) is 13.3 Å². The summed E-state index contributed by atoms with van der Waals surface area (Å²) in [7, 11) is 0. The number of benzene rings is 1. The fourth-order valence-corrected chi connectivity index (χ4v) is 2.65. The van der Waals surface area contributed by atoms with Crippen molar-refractivity contribution in [3.63, 3.8) is 0 Å². The number of carbonyl (C=O) groups is 1. The number of phenolic OH excluding ortho intramolecular Hbond substituents is 2. The highest BCUT2D eigenvalue weighted by molar-refractivity contribution is 5.95. The highest BCUT2D eigenvalue weighted by Crippen LogP contribution is 2.27. The minimum absolute atomic E-state index is 0.185. The van der Waals surface area contributed by atoms with Crippen LogP contribution in [0.4, 0.5) is 0 Å². The molecule has 0 saturated heterocycles. The standard InChI is InChI=1S/C15H21NO3/c1-2-10-3-6-12(7-4-10)16-15(19)11-5-8-13(17)14(18)9-11/h5,8-10,12,17-18H,2-4,6-7H2,1H3,(H,16,19). The summed E-state index contributed by atoms with van der Waals surface area (Å²) >= 11 is 0. The molecule has 1 aliphatic rings. The van der Waals surface area contributed by atoms with E-state index in [0.717, 1.165) is 18.8 Å². The Morgan fingerprint density at radius 1 is 1.21 bits per heavy atom. The van der Waals surface area contributed by atoms with Crippen LogP contribution in [0.25, 0.3) is 0 Å². The van der Waals surface area contributed by atoms with Crippen LogP contribution in [0.3, 0.4) is 0 Å². The highest BCUT2D eigenvalue weighted by atomic mass is 16.3. The van der Waals surface area contributed by atoms with Gasteiger partial charge < -0.3 is 15.5 Å². The van der Waals surface area contributed by atoms with Crippen LogP contribution in [0.15, 0.2) is 18.2 Å². The number of rotatable bonds is 3. The van der Waals surface area contributed by atoms with E-state index in [-0.39, 0.29) is 23.4 Å². The monoisotopic (exact) mass is 263 g/mol. The number of hydrogen-bond donors (Lipinski definition) is 3. The van der Waals surface area contributed by atoms with Gasteiger partial charge in [0.05, 0.1) is 0 Å². The van der Waals surface area contributed by atoms with E-state index < -0.39 is 0 Å². The van der Waals surface area contributed by atoms with Crippen molar-refractivity contribution >= 4 is 5.91 Å². The zero-order chi connectivity index (χ0) is 13.8. The molecular formula is C15H21NO3. The lowest BCUT2D eigenvalue weighted by atomic mass is 9.84. The van der Waals surface area contributed by atoms with Gasteiger partial charge in [0.25, 0.3) is 5.91 Å². The Balaban J connectivity index is 1.92. The molecule has 2 rings (SSSR count). The van der Waals surface area contributed by atoms with E-state index in [1.165, 1.54) is 37.5 Å². The van der Waals surface area contributed by atoms with Gasteiger partial charge in [0.15, 0.2) is 11.5 Å². The van der Waals surface area contributed by atoms with E-state index in [4.69, 9.17) is 0 Å². The molecule has 1 aromatic carbocycles. The predicted molar refractivity (Wildman–Crippen MR) is 73.3 cm³/mol. The van der Waals surface area contributed by atoms with Crippen LogP contribution < -0.4 is 5.32 Å². The lowest BCUT2D eigenvalue weighted by Crippen LogP contribution is -2.37. The molecule has 1 aromatic rings. The minimum Gasteiger partial charge on any atom is -0.504 e. The molecule has 0 unspecified atom stereocenters. The molecule has 0 radical (unpaired) electrons. The first-order valence-electron chi connectivity index (χ1n) is 6.93. The lowest BCUT2D eigenvalue weighted by Gasteiger charge is -2.28. The van der Waals surface area contributed by atoms with Gasteiger partial charge in [0.2, 0.25) is 0 Å². The molecule has 19 heavy (non-hydrogen) atoms. The van der Waals surface area contributed by atoms with E-state index >= 15 is 0 Å². The Kier molecular flexibility index (Phi) is 4.30. The fourth-order valence-electron chi connectivity index (χ4n) is 2.65. The normalized spacial score (nSPS) is 23.0. The maximum Gasteiger partial charge on any atom is 0.251 e. The largest absolute Gasteiger partial charge is 0.504 e. The Morgan fingerprint density at radius 2 is 1.89 bits per heavy atom. The second-order valence-corrected chi connectivity index (χ2v) is 5.30. The maximum atomic E-state index is 12.0. The van der Waals surface area contributed by atoms with Gasteiger partial charge in [-0.15, -0.1) is 0 Å². The third-order valence-electron chi connectivity index (χ3n) is 4.00. The predicted octanol–water partition coefficient (Wildman–Crippen LogP) is 2.80. The number of amides is 1. The molecule has 3 N–H and O–H groups in total. The molecular weight excluding hydrogens is 242 g/mol. The molecule has 0 bridgehead atoms. The molecule has 1 fully saturated rings. The fraction of sp³-hybridized carbons (Fsp3) is 0.533. The van der Waals surface area contributed by atoms with Crippen molar-refractivity contribution in [2.75, 3.05) is 0 Å². The summed E-state index contributed by atoms with van der Waals surface area (Å²) in [5.41, 5.74) is 0.382. The van der Waals surface area contributed by atoms with Crippen molar-refractivity contribution in [2.45, 2.75) is 45.1 Å². The van der Waals surface area contributed by atoms with Gasteiger partial charge >= 0.3 is 0 Å². The summed E-state index contributed by atoms with van der Waals surface area (Å²) in [6, 6.07) is 4.37. The SMILES string of the molecule is CCC1CCC(NC(=O)c2ccc(O)c(O)c2)CC1. The van der Waals surface area contributed by atoms with Gasteiger partial charge in [-0.25, -0.2) is 0 Å². The zero-order valence-electron chi connectivity index (χ0n) is 11.2. The van der Waals surface area contributed by atoms with Gasteiger partial charge in [0, 0.05) is 11.6 Å². The Morgan fingerprint density at radius 3 is 2.47 bits per heavy atom. The number of carbonyl (C=O) groups excluding carboxylic acids is 1. The topological polar surface area (TPSA) is 69.6 Å². The van der Waals surface area contributed by atoms with Crippen LogP contribution in [0.5, 0.6) is 11.5 Å². The van der Waals surface area contributed by atoms with E-state index in [9.17, 15) is 15.0 Å². The average molecular weight is 263 g/mol. The first-order chi connectivity index (χ1) is 9.10. The van der Waals surface area contributed by atoms with Crippen LogP contribution in [0.2, 0.25) is 0 Å². The van der Waals surface area contributed by atoms with Crippen LogP contribution in [-0.4, -0.2) is 22.2 Å². The van der Waals surface area contributed by atoms with Crippen molar-refractivity contribution in [2.24, 2.45) is 5.92 Å². The van der Waals surface area contributed by atoms with E-state index in [1.807, 2.05) is 0 Å². The second kappa shape index (κ2) is 5.95. The van der Waals surface area contributed by atoms with E-state index in [1.54, 1.807) is 0 Å². The molecule has 0 aliphatic heterocycles. The number of hydrogen-bond acceptors (Lipinski definition) is 3. The first-order valence-corrected chi connectivity index (χ1v) is 6.93. The third kappa shape index (κ3) is 3.40. The highest BCUT2D eigenvalue weighted by Gasteiger charge is 2.21. The third-order valence-corrected chi connectivity index (χ3v) is 4.00. The van der Waals surface area contributed by atoms with Crippen molar-refractivity contribution in [1.82, 2.24) is 5.32 Å². The summed E-state index contributed by atoms with van der Waals surface area (Å²) < 4.78 is 0. The van der Waals surface area contributed by atoms with Crippen LogP contribution in [0.1, 0.15) is 49.4 Å². The van der Waals surface area contributed by atoms with Gasteiger partial charge in [-0.05, 0) is 49.8 Å². The summed E-state index contributed by atoms with van der Waals surface area (Å²) in [5, 5.41) is 21.6. The first kappa shape index (κ1) is 13.7. The van der Waals surface area contributed by atoms with E-state index in [2.05, 4.69) is 12.2 Å². The second-order valence-electron chi connectivity index (χ2n) is 5.30. The molecule has 0 atom stereocenters. The zero-order valence-corrected chi connectivity index (χ0v) is 11.2. The van der Waals surface area contributed by atoms with Gasteiger partial charge in [-0.3, -0.25) is 4.79 Å².